The molecule has 1 aliphatic rings. The summed E-state index contributed by atoms with van der Waals surface area (Å²) in [5, 5.41) is 8.78. The minimum atomic E-state index is 0.702. The lowest BCUT2D eigenvalue weighted by molar-refractivity contribution is 0.949. The molecule has 1 saturated heterocycles. The molecule has 72 valence electrons. The molecule has 0 amide bonds. The standard InChI is InChI=1S/C11H11BrN2/c12-11-7-10(4-3-9(11)8-13)14-5-1-2-6-14/h3-4,7H,1-2,5-6H2. The Morgan fingerprint density at radius 2 is 2.00 bits per heavy atom. The summed E-state index contributed by atoms with van der Waals surface area (Å²) in [4.78, 5) is 2.35. The molecule has 3 heteroatoms. The molecule has 2 nitrogen and oxygen atoms in total. The zero-order valence-corrected chi connectivity index (χ0v) is 9.42. The van der Waals surface area contributed by atoms with Crippen molar-refractivity contribution in [1.29, 1.82) is 5.26 Å². The van der Waals surface area contributed by atoms with Crippen molar-refractivity contribution in [3.63, 3.8) is 0 Å². The van der Waals surface area contributed by atoms with Crippen LogP contribution in [-0.4, -0.2) is 13.1 Å². The van der Waals surface area contributed by atoms with Crippen LogP contribution in [0, 0.1) is 11.3 Å². The summed E-state index contributed by atoms with van der Waals surface area (Å²) in [6.07, 6.45) is 2.55. The number of anilines is 1. The van der Waals surface area contributed by atoms with Crippen molar-refractivity contribution in [3.8, 4) is 6.07 Å². The summed E-state index contributed by atoms with van der Waals surface area (Å²) in [6.45, 7) is 2.27. The maximum atomic E-state index is 8.78. The van der Waals surface area contributed by atoms with Gasteiger partial charge in [-0.15, -0.1) is 0 Å². The van der Waals surface area contributed by atoms with E-state index in [1.54, 1.807) is 0 Å². The second-order valence-corrected chi connectivity index (χ2v) is 4.32. The van der Waals surface area contributed by atoms with Crippen molar-refractivity contribution in [2.45, 2.75) is 12.8 Å². The van der Waals surface area contributed by atoms with Crippen molar-refractivity contribution in [1.82, 2.24) is 0 Å². The van der Waals surface area contributed by atoms with Crippen molar-refractivity contribution in [2.75, 3.05) is 18.0 Å². The van der Waals surface area contributed by atoms with Crippen LogP contribution in [0.15, 0.2) is 22.7 Å². The van der Waals surface area contributed by atoms with Gasteiger partial charge in [0.2, 0.25) is 0 Å². The fourth-order valence-electron chi connectivity index (χ4n) is 1.77. The first-order chi connectivity index (χ1) is 6.81. The first-order valence-electron chi connectivity index (χ1n) is 4.76. The van der Waals surface area contributed by atoms with Crippen LogP contribution in [0.3, 0.4) is 0 Å². The molecule has 0 bridgehead atoms. The molecular weight excluding hydrogens is 240 g/mol. The highest BCUT2D eigenvalue weighted by molar-refractivity contribution is 9.10. The Kier molecular flexibility index (Phi) is 2.74. The molecule has 14 heavy (non-hydrogen) atoms. The Bertz CT molecular complexity index is 375. The second-order valence-electron chi connectivity index (χ2n) is 3.47. The van der Waals surface area contributed by atoms with Gasteiger partial charge in [0.25, 0.3) is 0 Å². The Morgan fingerprint density at radius 1 is 1.29 bits per heavy atom. The van der Waals surface area contributed by atoms with E-state index >= 15 is 0 Å². The Balaban J connectivity index is 2.28. The van der Waals surface area contributed by atoms with Crippen LogP contribution in [-0.2, 0) is 0 Å². The van der Waals surface area contributed by atoms with Gasteiger partial charge in [0.15, 0.2) is 0 Å². The maximum Gasteiger partial charge on any atom is 0.100 e. The summed E-state index contributed by atoms with van der Waals surface area (Å²) in [6, 6.07) is 8.07. The van der Waals surface area contributed by atoms with Crippen LogP contribution in [0.4, 0.5) is 5.69 Å². The number of nitriles is 1. The van der Waals surface area contributed by atoms with Gasteiger partial charge in [-0.2, -0.15) is 5.26 Å². The molecule has 0 spiro atoms. The molecule has 0 saturated carbocycles. The van der Waals surface area contributed by atoms with Gasteiger partial charge in [-0.1, -0.05) is 0 Å². The third kappa shape index (κ3) is 1.76. The molecule has 1 aliphatic heterocycles. The van der Waals surface area contributed by atoms with E-state index < -0.39 is 0 Å². The molecule has 0 radical (unpaired) electrons. The predicted octanol–water partition coefficient (Wildman–Crippen LogP) is 2.92. The van der Waals surface area contributed by atoms with Gasteiger partial charge in [-0.05, 0) is 47.0 Å². The largest absolute Gasteiger partial charge is 0.372 e. The first-order valence-corrected chi connectivity index (χ1v) is 5.55. The number of hydrogen-bond donors (Lipinski definition) is 0. The van der Waals surface area contributed by atoms with Crippen LogP contribution in [0.2, 0.25) is 0 Å². The van der Waals surface area contributed by atoms with E-state index in [2.05, 4.69) is 26.9 Å². The Morgan fingerprint density at radius 3 is 2.57 bits per heavy atom. The van der Waals surface area contributed by atoms with Gasteiger partial charge in [0, 0.05) is 23.2 Å². The molecule has 2 rings (SSSR count). The quantitative estimate of drug-likeness (QED) is 0.767. The van der Waals surface area contributed by atoms with Gasteiger partial charge in [0.1, 0.15) is 6.07 Å². The Labute approximate surface area is 92.3 Å². The zero-order valence-electron chi connectivity index (χ0n) is 7.83. The first kappa shape index (κ1) is 9.54. The van der Waals surface area contributed by atoms with Crippen molar-refractivity contribution >= 4 is 21.6 Å². The molecule has 0 aliphatic carbocycles. The van der Waals surface area contributed by atoms with Gasteiger partial charge in [-0.3, -0.25) is 0 Å². The number of rotatable bonds is 1. The predicted molar refractivity (Wildman–Crippen MR) is 60.3 cm³/mol. The van der Waals surface area contributed by atoms with Crippen LogP contribution >= 0.6 is 15.9 Å². The lowest BCUT2D eigenvalue weighted by Gasteiger charge is -2.17. The third-order valence-electron chi connectivity index (χ3n) is 2.54. The molecule has 1 fully saturated rings. The van der Waals surface area contributed by atoms with E-state index in [0.717, 1.165) is 17.6 Å². The average molecular weight is 251 g/mol. The van der Waals surface area contributed by atoms with E-state index in [4.69, 9.17) is 5.26 Å². The lowest BCUT2D eigenvalue weighted by atomic mass is 10.2. The SMILES string of the molecule is N#Cc1ccc(N2CCCC2)cc1Br. The molecule has 0 unspecified atom stereocenters. The highest BCUT2D eigenvalue weighted by Crippen LogP contribution is 2.26. The van der Waals surface area contributed by atoms with Crippen molar-refractivity contribution < 1.29 is 0 Å². The van der Waals surface area contributed by atoms with E-state index in [1.807, 2.05) is 18.2 Å². The van der Waals surface area contributed by atoms with Crippen LogP contribution in [0.25, 0.3) is 0 Å². The molecule has 1 aromatic rings. The highest BCUT2D eigenvalue weighted by Gasteiger charge is 2.12. The van der Waals surface area contributed by atoms with E-state index in [0.29, 0.717) is 5.56 Å². The second kappa shape index (κ2) is 4.02. The van der Waals surface area contributed by atoms with Gasteiger partial charge >= 0.3 is 0 Å². The maximum absolute atomic E-state index is 8.78. The average Bonchev–Trinajstić information content (AvgIpc) is 2.70. The normalized spacial score (nSPS) is 15.6. The minimum absolute atomic E-state index is 0.702. The lowest BCUT2D eigenvalue weighted by Crippen LogP contribution is -2.17. The molecule has 0 N–H and O–H groups in total. The number of hydrogen-bond acceptors (Lipinski definition) is 2. The fourth-order valence-corrected chi connectivity index (χ4v) is 2.22. The molecule has 0 atom stereocenters. The van der Waals surface area contributed by atoms with E-state index in [9.17, 15) is 0 Å². The molecular formula is C11H11BrN2. The summed E-state index contributed by atoms with van der Waals surface area (Å²) in [5.74, 6) is 0. The van der Waals surface area contributed by atoms with Crippen LogP contribution < -0.4 is 4.90 Å². The van der Waals surface area contributed by atoms with Gasteiger partial charge in [-0.25, -0.2) is 0 Å². The van der Waals surface area contributed by atoms with E-state index in [1.165, 1.54) is 18.5 Å². The zero-order chi connectivity index (χ0) is 9.97. The highest BCUT2D eigenvalue weighted by atomic mass is 79.9. The van der Waals surface area contributed by atoms with Gasteiger partial charge in [0.05, 0.1) is 5.56 Å². The number of nitrogens with zero attached hydrogens (tertiary/aromatic N) is 2. The minimum Gasteiger partial charge on any atom is -0.372 e. The molecule has 0 aromatic heterocycles. The van der Waals surface area contributed by atoms with Crippen LogP contribution in [0.1, 0.15) is 18.4 Å². The van der Waals surface area contributed by atoms with E-state index in [-0.39, 0.29) is 0 Å². The number of benzene rings is 1. The topological polar surface area (TPSA) is 27.0 Å². The smallest absolute Gasteiger partial charge is 0.100 e. The summed E-state index contributed by atoms with van der Waals surface area (Å²) >= 11 is 3.41. The summed E-state index contributed by atoms with van der Waals surface area (Å²) in [7, 11) is 0. The third-order valence-corrected chi connectivity index (χ3v) is 3.20. The van der Waals surface area contributed by atoms with Crippen molar-refractivity contribution in [3.05, 3.63) is 28.2 Å². The Hall–Kier alpha value is -1.01. The van der Waals surface area contributed by atoms with Crippen LogP contribution in [0.5, 0.6) is 0 Å². The summed E-state index contributed by atoms with van der Waals surface area (Å²) in [5.41, 5.74) is 1.92. The number of halogens is 1. The monoisotopic (exact) mass is 250 g/mol. The van der Waals surface area contributed by atoms with Crippen molar-refractivity contribution in [2.24, 2.45) is 0 Å². The fraction of sp³-hybridized carbons (Fsp3) is 0.364. The van der Waals surface area contributed by atoms with Gasteiger partial charge < -0.3 is 4.90 Å². The summed E-state index contributed by atoms with van der Waals surface area (Å²) < 4.78 is 0.893. The molecule has 1 aromatic carbocycles. The molecule has 1 heterocycles.